The molecular weight excluding hydrogens is 386 g/mol. The molecule has 3 heterocycles. The van der Waals surface area contributed by atoms with E-state index in [0.717, 1.165) is 63.9 Å². The van der Waals surface area contributed by atoms with Crippen molar-refractivity contribution in [1.82, 2.24) is 24.6 Å². The molecule has 0 saturated carbocycles. The number of pyridine rings is 1. The smallest absolute Gasteiger partial charge is 0.0678 e. The Kier molecular flexibility index (Phi) is 7.12. The lowest BCUT2D eigenvalue weighted by atomic mass is 10.1. The van der Waals surface area contributed by atoms with Crippen molar-refractivity contribution in [1.29, 1.82) is 0 Å². The molecule has 1 fully saturated rings. The van der Waals surface area contributed by atoms with Crippen LogP contribution in [0.3, 0.4) is 0 Å². The van der Waals surface area contributed by atoms with E-state index >= 15 is 0 Å². The molecule has 0 spiro atoms. The van der Waals surface area contributed by atoms with E-state index in [1.807, 2.05) is 18.5 Å². The number of morpholine rings is 1. The molecule has 1 aliphatic rings. The Morgan fingerprint density at radius 3 is 2.55 bits per heavy atom. The summed E-state index contributed by atoms with van der Waals surface area (Å²) in [6.07, 6.45) is 3.81. The zero-order valence-corrected chi connectivity index (χ0v) is 18.9. The van der Waals surface area contributed by atoms with Gasteiger partial charge in [0.05, 0.1) is 24.6 Å². The van der Waals surface area contributed by atoms with Crippen LogP contribution in [0.1, 0.15) is 28.1 Å². The number of para-hydroxylation sites is 1. The number of nitrogens with zero attached hydrogens (tertiary/aromatic N) is 5. The molecule has 6 heteroatoms. The van der Waals surface area contributed by atoms with Gasteiger partial charge in [-0.3, -0.25) is 14.8 Å². The summed E-state index contributed by atoms with van der Waals surface area (Å²) in [6.45, 7) is 14.0. The first-order valence-electron chi connectivity index (χ1n) is 11.1. The lowest BCUT2D eigenvalue weighted by Crippen LogP contribution is -2.41. The molecule has 3 aromatic rings. The van der Waals surface area contributed by atoms with Crippen LogP contribution < -0.4 is 0 Å². The Hall–Kier alpha value is -2.54. The van der Waals surface area contributed by atoms with E-state index in [1.54, 1.807) is 0 Å². The zero-order valence-electron chi connectivity index (χ0n) is 18.9. The van der Waals surface area contributed by atoms with Crippen LogP contribution in [0.2, 0.25) is 0 Å². The van der Waals surface area contributed by atoms with Crippen LogP contribution in [0.15, 0.2) is 48.8 Å². The summed E-state index contributed by atoms with van der Waals surface area (Å²) in [7, 11) is 0. The molecule has 0 bridgehead atoms. The minimum atomic E-state index is 0.837. The third-order valence-corrected chi connectivity index (χ3v) is 6.13. The van der Waals surface area contributed by atoms with E-state index in [-0.39, 0.29) is 0 Å². The minimum Gasteiger partial charge on any atom is -0.379 e. The van der Waals surface area contributed by atoms with Crippen molar-refractivity contribution in [2.24, 2.45) is 0 Å². The Morgan fingerprint density at radius 2 is 1.81 bits per heavy atom. The molecule has 1 saturated heterocycles. The topological polar surface area (TPSA) is 46.4 Å². The average Bonchev–Trinajstić information content (AvgIpc) is 3.07. The normalized spacial score (nSPS) is 15.0. The SMILES string of the molecule is Cc1ccccc1-n1nc(C)c(CN(CCN2CCOCC2)Cc2cccnc2)c1C. The Morgan fingerprint density at radius 1 is 1.00 bits per heavy atom. The second-order valence-corrected chi connectivity index (χ2v) is 8.37. The van der Waals surface area contributed by atoms with Crippen LogP contribution >= 0.6 is 0 Å². The molecule has 0 radical (unpaired) electrons. The first-order valence-corrected chi connectivity index (χ1v) is 11.1. The van der Waals surface area contributed by atoms with Gasteiger partial charge in [-0.1, -0.05) is 24.3 Å². The molecule has 4 rings (SSSR count). The number of ether oxygens (including phenoxy) is 1. The van der Waals surface area contributed by atoms with Crippen LogP contribution in [0.25, 0.3) is 5.69 Å². The van der Waals surface area contributed by atoms with E-state index in [9.17, 15) is 0 Å². The monoisotopic (exact) mass is 419 g/mol. The lowest BCUT2D eigenvalue weighted by molar-refractivity contribution is 0.0324. The summed E-state index contributed by atoms with van der Waals surface area (Å²) in [6, 6.07) is 12.6. The van der Waals surface area contributed by atoms with Gasteiger partial charge < -0.3 is 4.74 Å². The number of benzene rings is 1. The van der Waals surface area contributed by atoms with E-state index < -0.39 is 0 Å². The van der Waals surface area contributed by atoms with Gasteiger partial charge in [-0.2, -0.15) is 5.10 Å². The second kappa shape index (κ2) is 10.2. The van der Waals surface area contributed by atoms with Gasteiger partial charge in [0.15, 0.2) is 0 Å². The van der Waals surface area contributed by atoms with Gasteiger partial charge in [-0.15, -0.1) is 0 Å². The van der Waals surface area contributed by atoms with E-state index in [4.69, 9.17) is 9.84 Å². The molecule has 0 N–H and O–H groups in total. The minimum absolute atomic E-state index is 0.837. The quantitative estimate of drug-likeness (QED) is 0.559. The van der Waals surface area contributed by atoms with Crippen LogP contribution in [0, 0.1) is 20.8 Å². The molecule has 0 unspecified atom stereocenters. The fourth-order valence-electron chi connectivity index (χ4n) is 4.23. The first-order chi connectivity index (χ1) is 15.1. The predicted molar refractivity (Wildman–Crippen MR) is 123 cm³/mol. The van der Waals surface area contributed by atoms with Crippen molar-refractivity contribution in [3.05, 3.63) is 76.9 Å². The number of hydrogen-bond donors (Lipinski definition) is 0. The van der Waals surface area contributed by atoms with Gasteiger partial charge in [0.2, 0.25) is 0 Å². The highest BCUT2D eigenvalue weighted by Gasteiger charge is 2.19. The van der Waals surface area contributed by atoms with Crippen molar-refractivity contribution in [3.8, 4) is 5.69 Å². The highest BCUT2D eigenvalue weighted by Crippen LogP contribution is 2.22. The standard InChI is InChI=1S/C25H33N5O/c1-20-7-4-5-9-25(20)30-22(3)24(21(2)27-30)19-29(18-23-8-6-10-26-17-23)12-11-28-13-15-31-16-14-28/h4-10,17H,11-16,18-19H2,1-3H3. The van der Waals surface area contributed by atoms with Gasteiger partial charge in [-0.05, 0) is 44.0 Å². The maximum absolute atomic E-state index is 5.51. The van der Waals surface area contributed by atoms with Gasteiger partial charge in [-0.25, -0.2) is 4.68 Å². The third kappa shape index (κ3) is 5.39. The summed E-state index contributed by atoms with van der Waals surface area (Å²) >= 11 is 0. The second-order valence-electron chi connectivity index (χ2n) is 8.37. The van der Waals surface area contributed by atoms with Gasteiger partial charge in [0, 0.05) is 62.9 Å². The summed E-state index contributed by atoms with van der Waals surface area (Å²) in [5.41, 5.74) is 7.26. The molecule has 0 atom stereocenters. The van der Waals surface area contributed by atoms with Crippen molar-refractivity contribution in [2.45, 2.75) is 33.9 Å². The Bertz CT molecular complexity index is 979. The Balaban J connectivity index is 1.54. The predicted octanol–water partition coefficient (Wildman–Crippen LogP) is 3.53. The number of rotatable bonds is 8. The van der Waals surface area contributed by atoms with Crippen molar-refractivity contribution in [2.75, 3.05) is 39.4 Å². The van der Waals surface area contributed by atoms with Gasteiger partial charge in [0.1, 0.15) is 0 Å². The molecule has 0 aliphatic carbocycles. The van der Waals surface area contributed by atoms with Crippen LogP contribution in [-0.4, -0.2) is 64.0 Å². The lowest BCUT2D eigenvalue weighted by Gasteiger charge is -2.30. The number of hydrogen-bond acceptors (Lipinski definition) is 5. The highest BCUT2D eigenvalue weighted by atomic mass is 16.5. The fourth-order valence-corrected chi connectivity index (χ4v) is 4.23. The fraction of sp³-hybridized carbons (Fsp3) is 0.440. The van der Waals surface area contributed by atoms with E-state index in [1.165, 1.54) is 22.4 Å². The molecule has 2 aromatic heterocycles. The van der Waals surface area contributed by atoms with Crippen molar-refractivity contribution in [3.63, 3.8) is 0 Å². The maximum atomic E-state index is 5.51. The van der Waals surface area contributed by atoms with E-state index in [0.29, 0.717) is 0 Å². The largest absolute Gasteiger partial charge is 0.379 e. The Labute approximate surface area is 185 Å². The molecule has 1 aliphatic heterocycles. The average molecular weight is 420 g/mol. The number of aromatic nitrogens is 3. The molecule has 6 nitrogen and oxygen atoms in total. The van der Waals surface area contributed by atoms with E-state index in [2.05, 4.69) is 70.6 Å². The van der Waals surface area contributed by atoms with Crippen molar-refractivity contribution < 1.29 is 4.74 Å². The summed E-state index contributed by atoms with van der Waals surface area (Å²) in [4.78, 5) is 9.33. The van der Waals surface area contributed by atoms with Crippen LogP contribution in [0.5, 0.6) is 0 Å². The molecule has 31 heavy (non-hydrogen) atoms. The molecule has 1 aromatic carbocycles. The first kappa shape index (κ1) is 21.7. The van der Waals surface area contributed by atoms with Gasteiger partial charge in [0.25, 0.3) is 0 Å². The van der Waals surface area contributed by atoms with Crippen molar-refractivity contribution >= 4 is 0 Å². The van der Waals surface area contributed by atoms with Gasteiger partial charge >= 0.3 is 0 Å². The highest BCUT2D eigenvalue weighted by molar-refractivity contribution is 5.42. The maximum Gasteiger partial charge on any atom is 0.0678 e. The molecular formula is C25H33N5O. The van der Waals surface area contributed by atoms with Crippen LogP contribution in [0.4, 0.5) is 0 Å². The summed E-state index contributed by atoms with van der Waals surface area (Å²) in [5.74, 6) is 0. The summed E-state index contributed by atoms with van der Waals surface area (Å²) in [5, 5.41) is 4.90. The van der Waals surface area contributed by atoms with Crippen LogP contribution in [-0.2, 0) is 17.8 Å². The third-order valence-electron chi connectivity index (χ3n) is 6.13. The number of aryl methyl sites for hydroxylation is 2. The molecule has 164 valence electrons. The molecule has 0 amide bonds. The summed E-state index contributed by atoms with van der Waals surface area (Å²) < 4.78 is 7.61. The zero-order chi connectivity index (χ0) is 21.6.